The van der Waals surface area contributed by atoms with Crippen molar-refractivity contribution in [1.82, 2.24) is 14.8 Å². The minimum absolute atomic E-state index is 0.216. The van der Waals surface area contributed by atoms with Gasteiger partial charge in [0.1, 0.15) is 5.54 Å². The second kappa shape index (κ2) is 8.64. The van der Waals surface area contributed by atoms with E-state index in [9.17, 15) is 4.79 Å². The first-order valence-corrected chi connectivity index (χ1v) is 11.2. The Bertz CT molecular complexity index is 1320. The average molecular weight is 498 g/mol. The van der Waals surface area contributed by atoms with Crippen LogP contribution in [0, 0.1) is 0 Å². The number of rotatable bonds is 5. The van der Waals surface area contributed by atoms with E-state index >= 15 is 0 Å². The van der Waals surface area contributed by atoms with Crippen molar-refractivity contribution in [1.29, 1.82) is 0 Å². The molecule has 0 amide bonds. The van der Waals surface area contributed by atoms with E-state index in [-0.39, 0.29) is 5.69 Å². The molecule has 0 atom stereocenters. The van der Waals surface area contributed by atoms with E-state index in [1.54, 1.807) is 6.20 Å². The van der Waals surface area contributed by atoms with Gasteiger partial charge in [0, 0.05) is 10.7 Å². The number of nitrogens with zero attached hydrogens (tertiary/aromatic N) is 3. The Hall–Kier alpha value is -3.77. The highest BCUT2D eigenvalue weighted by Gasteiger charge is 2.42. The van der Waals surface area contributed by atoms with Crippen LogP contribution in [0.15, 0.2) is 108 Å². The molecule has 5 nitrogen and oxygen atoms in total. The molecule has 2 aromatic heterocycles. The van der Waals surface area contributed by atoms with Gasteiger partial charge in [0.15, 0.2) is 11.3 Å². The summed E-state index contributed by atoms with van der Waals surface area (Å²) in [5, 5.41) is 5.48. The highest BCUT2D eigenvalue weighted by atomic mass is 79.9. The van der Waals surface area contributed by atoms with Gasteiger partial charge in [0.2, 0.25) is 0 Å². The summed E-state index contributed by atoms with van der Waals surface area (Å²) in [5.41, 5.74) is 2.90. The van der Waals surface area contributed by atoms with Gasteiger partial charge in [-0.15, -0.1) is 0 Å². The zero-order valence-electron chi connectivity index (χ0n) is 17.9. The summed E-state index contributed by atoms with van der Waals surface area (Å²) in [6, 6.07) is 32.3. The Morgan fingerprint density at radius 2 is 1.33 bits per heavy atom. The lowest BCUT2D eigenvalue weighted by atomic mass is 9.77. The third-order valence-electron chi connectivity index (χ3n) is 5.76. The predicted octanol–water partition coefficient (Wildman–Crippen LogP) is 5.82. The minimum Gasteiger partial charge on any atom is -0.464 e. The van der Waals surface area contributed by atoms with Crippen LogP contribution in [-0.2, 0) is 10.3 Å². The number of pyridine rings is 1. The number of fused-ring (bicyclic) bond motifs is 1. The first kappa shape index (κ1) is 21.1. The van der Waals surface area contributed by atoms with Crippen LogP contribution in [0.1, 0.15) is 27.2 Å². The third kappa shape index (κ3) is 3.43. The lowest BCUT2D eigenvalue weighted by Crippen LogP contribution is -2.39. The van der Waals surface area contributed by atoms with Crippen molar-refractivity contribution in [3.8, 4) is 0 Å². The third-order valence-corrected chi connectivity index (χ3v) is 6.19. The summed E-state index contributed by atoms with van der Waals surface area (Å²) >= 11 is 3.48. The van der Waals surface area contributed by atoms with E-state index in [1.165, 1.54) is 7.11 Å². The molecule has 0 aliphatic carbocycles. The van der Waals surface area contributed by atoms with Crippen molar-refractivity contribution in [3.05, 3.63) is 130 Å². The van der Waals surface area contributed by atoms with Crippen LogP contribution in [0.5, 0.6) is 0 Å². The first-order valence-electron chi connectivity index (χ1n) is 10.5. The second-order valence-corrected chi connectivity index (χ2v) is 8.50. The molecular formula is C27H20BrN3O2. The molecule has 0 radical (unpaired) electrons. The quantitative estimate of drug-likeness (QED) is 0.226. The Morgan fingerprint density at radius 3 is 1.79 bits per heavy atom. The molecule has 6 heteroatoms. The van der Waals surface area contributed by atoms with Gasteiger partial charge in [-0.3, -0.25) is 0 Å². The summed E-state index contributed by atoms with van der Waals surface area (Å²) < 4.78 is 7.67. The number of hydrogen-bond acceptors (Lipinski definition) is 4. The van der Waals surface area contributed by atoms with Crippen LogP contribution in [0.2, 0.25) is 0 Å². The van der Waals surface area contributed by atoms with Gasteiger partial charge in [-0.25, -0.2) is 14.5 Å². The number of ether oxygens (including phenoxy) is 1. The monoisotopic (exact) mass is 497 g/mol. The SMILES string of the molecule is COC(=O)c1nn(C(c2ccccc2)(c2ccccc2)c2ccccc2)c2ncc(Br)cc12. The van der Waals surface area contributed by atoms with Crippen LogP contribution in [0.4, 0.5) is 0 Å². The molecule has 3 aromatic carbocycles. The van der Waals surface area contributed by atoms with Crippen LogP contribution >= 0.6 is 15.9 Å². The van der Waals surface area contributed by atoms with Gasteiger partial charge in [-0.2, -0.15) is 5.10 Å². The molecule has 0 aliphatic heterocycles. The number of aromatic nitrogens is 3. The van der Waals surface area contributed by atoms with E-state index in [0.717, 1.165) is 21.2 Å². The molecular weight excluding hydrogens is 478 g/mol. The maximum atomic E-state index is 12.7. The van der Waals surface area contributed by atoms with Gasteiger partial charge >= 0.3 is 5.97 Å². The van der Waals surface area contributed by atoms with Crippen molar-refractivity contribution in [2.45, 2.75) is 5.54 Å². The fourth-order valence-corrected chi connectivity index (χ4v) is 4.69. The average Bonchev–Trinajstić information content (AvgIpc) is 3.25. The number of hydrogen-bond donors (Lipinski definition) is 0. The number of benzene rings is 3. The lowest BCUT2D eigenvalue weighted by Gasteiger charge is -2.36. The second-order valence-electron chi connectivity index (χ2n) is 7.59. The zero-order chi connectivity index (χ0) is 22.8. The summed E-state index contributed by atoms with van der Waals surface area (Å²) in [5.74, 6) is -0.512. The van der Waals surface area contributed by atoms with Crippen LogP contribution in [-0.4, -0.2) is 27.8 Å². The van der Waals surface area contributed by atoms with E-state index < -0.39 is 11.5 Å². The van der Waals surface area contributed by atoms with Crippen molar-refractivity contribution < 1.29 is 9.53 Å². The topological polar surface area (TPSA) is 57.0 Å². The molecule has 0 saturated carbocycles. The van der Waals surface area contributed by atoms with Crippen molar-refractivity contribution >= 4 is 32.9 Å². The maximum Gasteiger partial charge on any atom is 0.359 e. The predicted molar refractivity (Wildman–Crippen MR) is 131 cm³/mol. The van der Waals surface area contributed by atoms with E-state index in [2.05, 4.69) is 52.3 Å². The van der Waals surface area contributed by atoms with Crippen molar-refractivity contribution in [2.75, 3.05) is 7.11 Å². The molecule has 33 heavy (non-hydrogen) atoms. The van der Waals surface area contributed by atoms with E-state index in [4.69, 9.17) is 14.8 Å². The largest absolute Gasteiger partial charge is 0.464 e. The Morgan fingerprint density at radius 1 is 0.848 bits per heavy atom. The summed E-state index contributed by atoms with van der Waals surface area (Å²) in [6.07, 6.45) is 1.72. The molecule has 162 valence electrons. The smallest absolute Gasteiger partial charge is 0.359 e. The first-order chi connectivity index (χ1) is 16.2. The minimum atomic E-state index is -0.880. The highest BCUT2D eigenvalue weighted by molar-refractivity contribution is 9.10. The maximum absolute atomic E-state index is 12.7. The van der Waals surface area contributed by atoms with E-state index in [0.29, 0.717) is 11.0 Å². The van der Waals surface area contributed by atoms with Gasteiger partial charge in [-0.05, 0) is 38.7 Å². The van der Waals surface area contributed by atoms with Gasteiger partial charge in [-0.1, -0.05) is 91.0 Å². The summed E-state index contributed by atoms with van der Waals surface area (Å²) in [4.78, 5) is 17.5. The fraction of sp³-hybridized carbons (Fsp3) is 0.0741. The Labute approximate surface area is 199 Å². The molecule has 0 fully saturated rings. The van der Waals surface area contributed by atoms with E-state index in [1.807, 2.05) is 65.3 Å². The van der Waals surface area contributed by atoms with Crippen molar-refractivity contribution in [2.24, 2.45) is 0 Å². The summed E-state index contributed by atoms with van der Waals surface area (Å²) in [7, 11) is 1.36. The zero-order valence-corrected chi connectivity index (χ0v) is 19.4. The van der Waals surface area contributed by atoms with Crippen molar-refractivity contribution in [3.63, 3.8) is 0 Å². The highest BCUT2D eigenvalue weighted by Crippen LogP contribution is 2.42. The van der Waals surface area contributed by atoms with Crippen LogP contribution in [0.25, 0.3) is 11.0 Å². The Balaban J connectivity index is 1.99. The standard InChI is InChI=1S/C27H20BrN3O2/c1-33-26(32)24-23-17-22(28)18-29-25(23)31(30-24)27(19-11-5-2-6-12-19,20-13-7-3-8-14-20)21-15-9-4-10-16-21/h2-18H,1H3. The number of methoxy groups -OCH3 is 1. The van der Waals surface area contributed by atoms with Gasteiger partial charge in [0.05, 0.1) is 12.5 Å². The lowest BCUT2D eigenvalue weighted by molar-refractivity contribution is 0.0594. The molecule has 0 unspecified atom stereocenters. The number of halogens is 1. The van der Waals surface area contributed by atoms with Crippen LogP contribution < -0.4 is 0 Å². The molecule has 0 N–H and O–H groups in total. The van der Waals surface area contributed by atoms with Crippen LogP contribution in [0.3, 0.4) is 0 Å². The molecule has 0 spiro atoms. The summed E-state index contributed by atoms with van der Waals surface area (Å²) in [6.45, 7) is 0. The molecule has 0 aliphatic rings. The normalized spacial score (nSPS) is 11.5. The number of carbonyl (C=O) groups excluding carboxylic acids is 1. The number of esters is 1. The molecule has 0 bridgehead atoms. The Kier molecular flexibility index (Phi) is 5.52. The van der Waals surface area contributed by atoms with Gasteiger partial charge in [0.25, 0.3) is 0 Å². The molecule has 0 saturated heterocycles. The fourth-order valence-electron chi connectivity index (χ4n) is 4.36. The molecule has 5 rings (SSSR count). The van der Waals surface area contributed by atoms with Gasteiger partial charge < -0.3 is 4.74 Å². The number of carbonyl (C=O) groups is 1. The molecule has 2 heterocycles. The molecule has 5 aromatic rings.